The van der Waals surface area contributed by atoms with Crippen molar-refractivity contribution in [1.82, 2.24) is 0 Å². The van der Waals surface area contributed by atoms with Crippen LogP contribution in [0.1, 0.15) is 11.1 Å². The number of aryl methyl sites for hydroxylation is 2. The maximum atomic E-state index is 12.0. The average Bonchev–Trinajstić information content (AvgIpc) is 2.57. The van der Waals surface area contributed by atoms with E-state index in [0.717, 1.165) is 17.3 Å². The van der Waals surface area contributed by atoms with E-state index in [1.165, 1.54) is 6.07 Å². The molecule has 0 heterocycles. The molecule has 2 rings (SSSR count). The SMILES string of the molecule is Cc1ccc(NC(=O)CSCC(=O)Nc2ccc(C)c(S(N)(=O)=O)c2)cc1. The van der Waals surface area contributed by atoms with Gasteiger partial charge in [-0.05, 0) is 43.7 Å². The van der Waals surface area contributed by atoms with Gasteiger partial charge in [-0.15, -0.1) is 11.8 Å². The summed E-state index contributed by atoms with van der Waals surface area (Å²) >= 11 is 1.16. The van der Waals surface area contributed by atoms with Gasteiger partial charge in [-0.2, -0.15) is 0 Å². The van der Waals surface area contributed by atoms with Crippen LogP contribution in [0, 0.1) is 13.8 Å². The monoisotopic (exact) mass is 407 g/mol. The fourth-order valence-corrected chi connectivity index (χ4v) is 3.68. The molecule has 0 bridgehead atoms. The number of hydrogen-bond donors (Lipinski definition) is 3. The summed E-state index contributed by atoms with van der Waals surface area (Å²) in [6.07, 6.45) is 0. The van der Waals surface area contributed by atoms with Crippen molar-refractivity contribution < 1.29 is 18.0 Å². The first-order valence-corrected chi connectivity index (χ1v) is 10.7. The normalized spacial score (nSPS) is 11.1. The lowest BCUT2D eigenvalue weighted by molar-refractivity contribution is -0.114. The van der Waals surface area contributed by atoms with E-state index in [4.69, 9.17) is 5.14 Å². The Bertz CT molecular complexity index is 942. The Labute approximate surface area is 162 Å². The Kier molecular flexibility index (Phi) is 7.00. The number of carbonyl (C=O) groups excluding carboxylic acids is 2. The third-order valence-electron chi connectivity index (χ3n) is 3.58. The summed E-state index contributed by atoms with van der Waals surface area (Å²) in [4.78, 5) is 23.8. The zero-order chi connectivity index (χ0) is 20.0. The van der Waals surface area contributed by atoms with Gasteiger partial charge < -0.3 is 10.6 Å². The Hall–Kier alpha value is -2.36. The zero-order valence-electron chi connectivity index (χ0n) is 15.0. The molecule has 0 saturated carbocycles. The molecule has 9 heteroatoms. The largest absolute Gasteiger partial charge is 0.325 e. The highest BCUT2D eigenvalue weighted by molar-refractivity contribution is 8.00. The summed E-state index contributed by atoms with van der Waals surface area (Å²) < 4.78 is 23.0. The number of rotatable bonds is 7. The van der Waals surface area contributed by atoms with E-state index in [9.17, 15) is 18.0 Å². The van der Waals surface area contributed by atoms with Crippen LogP contribution in [0.25, 0.3) is 0 Å². The van der Waals surface area contributed by atoms with Crippen molar-refractivity contribution in [1.29, 1.82) is 0 Å². The van der Waals surface area contributed by atoms with Crippen molar-refractivity contribution >= 4 is 45.0 Å². The molecule has 0 aliphatic heterocycles. The number of primary sulfonamides is 1. The molecule has 2 aromatic rings. The summed E-state index contributed by atoms with van der Waals surface area (Å²) in [7, 11) is -3.86. The first-order valence-electron chi connectivity index (χ1n) is 8.03. The minimum absolute atomic E-state index is 0.0366. The van der Waals surface area contributed by atoms with Gasteiger partial charge in [0.1, 0.15) is 0 Å². The Morgan fingerprint density at radius 1 is 0.926 bits per heavy atom. The van der Waals surface area contributed by atoms with E-state index < -0.39 is 10.0 Å². The summed E-state index contributed by atoms with van der Waals surface area (Å²) in [6, 6.07) is 11.9. The molecule has 0 radical (unpaired) electrons. The number of anilines is 2. The number of nitrogens with two attached hydrogens (primary N) is 1. The van der Waals surface area contributed by atoms with Gasteiger partial charge in [0.2, 0.25) is 21.8 Å². The van der Waals surface area contributed by atoms with Gasteiger partial charge in [-0.1, -0.05) is 23.8 Å². The molecule has 0 unspecified atom stereocenters. The number of carbonyl (C=O) groups is 2. The highest BCUT2D eigenvalue weighted by Crippen LogP contribution is 2.19. The van der Waals surface area contributed by atoms with Crippen LogP contribution in [0.15, 0.2) is 47.4 Å². The average molecular weight is 408 g/mol. The van der Waals surface area contributed by atoms with Crippen molar-refractivity contribution in [3.05, 3.63) is 53.6 Å². The molecule has 2 aromatic carbocycles. The van der Waals surface area contributed by atoms with Crippen LogP contribution < -0.4 is 15.8 Å². The van der Waals surface area contributed by atoms with Crippen molar-refractivity contribution in [2.75, 3.05) is 22.1 Å². The lowest BCUT2D eigenvalue weighted by Crippen LogP contribution is -2.19. The maximum absolute atomic E-state index is 12.0. The second-order valence-electron chi connectivity index (χ2n) is 5.98. The molecule has 0 aromatic heterocycles. The van der Waals surface area contributed by atoms with Crippen molar-refractivity contribution in [3.63, 3.8) is 0 Å². The lowest BCUT2D eigenvalue weighted by Gasteiger charge is -2.09. The van der Waals surface area contributed by atoms with Crippen LogP contribution in [-0.4, -0.2) is 31.7 Å². The van der Waals surface area contributed by atoms with Crippen LogP contribution in [0.4, 0.5) is 11.4 Å². The molecule has 4 N–H and O–H groups in total. The molecule has 144 valence electrons. The molecule has 27 heavy (non-hydrogen) atoms. The van der Waals surface area contributed by atoms with Gasteiger partial charge in [-0.25, -0.2) is 13.6 Å². The minimum atomic E-state index is -3.86. The van der Waals surface area contributed by atoms with Gasteiger partial charge in [0.25, 0.3) is 0 Å². The molecule has 7 nitrogen and oxygen atoms in total. The summed E-state index contributed by atoms with van der Waals surface area (Å²) in [5.41, 5.74) is 2.63. The molecule has 0 spiro atoms. The topological polar surface area (TPSA) is 118 Å². The smallest absolute Gasteiger partial charge is 0.238 e. The standard InChI is InChI=1S/C18H21N3O4S2/c1-12-3-6-14(7-4-12)20-17(22)10-26-11-18(23)21-15-8-5-13(2)16(9-15)27(19,24)25/h3-9H,10-11H2,1-2H3,(H,20,22)(H,21,23)(H2,19,24,25). The van der Waals surface area contributed by atoms with E-state index >= 15 is 0 Å². The number of nitrogens with one attached hydrogen (secondary N) is 2. The van der Waals surface area contributed by atoms with Gasteiger partial charge in [0, 0.05) is 11.4 Å². The Balaban J connectivity index is 1.82. The highest BCUT2D eigenvalue weighted by atomic mass is 32.2. The molecule has 0 aliphatic carbocycles. The molecule has 0 aliphatic rings. The molecule has 0 atom stereocenters. The second-order valence-corrected chi connectivity index (χ2v) is 8.50. The molecule has 2 amide bonds. The highest BCUT2D eigenvalue weighted by Gasteiger charge is 2.13. The minimum Gasteiger partial charge on any atom is -0.325 e. The lowest BCUT2D eigenvalue weighted by atomic mass is 10.2. The zero-order valence-corrected chi connectivity index (χ0v) is 16.6. The number of hydrogen-bond acceptors (Lipinski definition) is 5. The van der Waals surface area contributed by atoms with Crippen molar-refractivity contribution in [2.24, 2.45) is 5.14 Å². The fourth-order valence-electron chi connectivity index (χ4n) is 2.25. The van der Waals surface area contributed by atoms with Crippen LogP contribution >= 0.6 is 11.8 Å². The number of thioether (sulfide) groups is 1. The van der Waals surface area contributed by atoms with Gasteiger partial charge in [-0.3, -0.25) is 9.59 Å². The van der Waals surface area contributed by atoms with Crippen molar-refractivity contribution in [2.45, 2.75) is 18.7 Å². The molecule has 0 saturated heterocycles. The third-order valence-corrected chi connectivity index (χ3v) is 5.57. The first kappa shape index (κ1) is 20.9. The second kappa shape index (κ2) is 9.03. The van der Waals surface area contributed by atoms with Crippen LogP contribution in [0.5, 0.6) is 0 Å². The molecular formula is C18H21N3O4S2. The van der Waals surface area contributed by atoms with Crippen LogP contribution in [0.3, 0.4) is 0 Å². The summed E-state index contributed by atoms with van der Waals surface area (Å²) in [5.74, 6) is -0.367. The van der Waals surface area contributed by atoms with E-state index in [1.54, 1.807) is 19.1 Å². The number of sulfonamides is 1. The van der Waals surface area contributed by atoms with Gasteiger partial charge in [0.05, 0.1) is 16.4 Å². The maximum Gasteiger partial charge on any atom is 0.238 e. The quantitative estimate of drug-likeness (QED) is 0.651. The van der Waals surface area contributed by atoms with E-state index in [-0.39, 0.29) is 28.2 Å². The summed E-state index contributed by atoms with van der Waals surface area (Å²) in [6.45, 7) is 3.58. The van der Waals surface area contributed by atoms with E-state index in [1.807, 2.05) is 31.2 Å². The van der Waals surface area contributed by atoms with Gasteiger partial charge in [0.15, 0.2) is 0 Å². The Morgan fingerprint density at radius 2 is 1.44 bits per heavy atom. The third kappa shape index (κ3) is 6.70. The summed E-state index contributed by atoms with van der Waals surface area (Å²) in [5, 5.41) is 10.5. The fraction of sp³-hybridized carbons (Fsp3) is 0.222. The number of benzene rings is 2. The van der Waals surface area contributed by atoms with Crippen molar-refractivity contribution in [3.8, 4) is 0 Å². The van der Waals surface area contributed by atoms with E-state index in [2.05, 4.69) is 10.6 Å². The van der Waals surface area contributed by atoms with Crippen LogP contribution in [0.2, 0.25) is 0 Å². The predicted octanol–water partition coefficient (Wildman–Crippen LogP) is 2.26. The number of amides is 2. The first-order chi connectivity index (χ1) is 12.6. The molecule has 0 fully saturated rings. The van der Waals surface area contributed by atoms with Crippen LogP contribution in [-0.2, 0) is 19.6 Å². The van der Waals surface area contributed by atoms with E-state index in [0.29, 0.717) is 16.9 Å². The molecular weight excluding hydrogens is 386 g/mol. The predicted molar refractivity (Wildman–Crippen MR) is 108 cm³/mol. The van der Waals surface area contributed by atoms with Gasteiger partial charge >= 0.3 is 0 Å². The Morgan fingerprint density at radius 3 is 2.00 bits per heavy atom.